The summed E-state index contributed by atoms with van der Waals surface area (Å²) in [5.41, 5.74) is 4.80. The van der Waals surface area contributed by atoms with Crippen LogP contribution in [0.25, 0.3) is 0 Å². The maximum absolute atomic E-state index is 12.8. The molecule has 0 bridgehead atoms. The molecule has 1 fully saturated rings. The van der Waals surface area contributed by atoms with Crippen molar-refractivity contribution in [1.82, 2.24) is 9.80 Å². The van der Waals surface area contributed by atoms with Crippen molar-refractivity contribution in [2.24, 2.45) is 0 Å². The molecule has 2 heterocycles. The zero-order valence-corrected chi connectivity index (χ0v) is 16.9. The van der Waals surface area contributed by atoms with E-state index in [0.717, 1.165) is 24.8 Å². The topological polar surface area (TPSA) is 40.6 Å². The molecule has 2 aromatic carbocycles. The van der Waals surface area contributed by atoms with Gasteiger partial charge in [0.1, 0.15) is 0 Å². The minimum atomic E-state index is -0.0789. The summed E-state index contributed by atoms with van der Waals surface area (Å²) in [5, 5.41) is 0.676. The van der Waals surface area contributed by atoms with Crippen LogP contribution < -0.4 is 0 Å². The van der Waals surface area contributed by atoms with Crippen LogP contribution >= 0.6 is 11.6 Å². The first-order chi connectivity index (χ1) is 13.5. The molecule has 0 aromatic heterocycles. The van der Waals surface area contributed by atoms with Gasteiger partial charge in [-0.05, 0) is 55.0 Å². The summed E-state index contributed by atoms with van der Waals surface area (Å²) in [4.78, 5) is 29.1. The quantitative estimate of drug-likeness (QED) is 0.785. The molecule has 1 unspecified atom stereocenters. The lowest BCUT2D eigenvalue weighted by Gasteiger charge is -2.44. The second kappa shape index (κ2) is 7.96. The van der Waals surface area contributed by atoms with Crippen LogP contribution in [-0.2, 0) is 22.4 Å². The predicted octanol–water partition coefficient (Wildman–Crippen LogP) is 3.94. The lowest BCUT2D eigenvalue weighted by Crippen LogP contribution is -2.55. The maximum Gasteiger partial charge on any atom is 0.242 e. The van der Waals surface area contributed by atoms with Gasteiger partial charge in [0, 0.05) is 24.5 Å². The van der Waals surface area contributed by atoms with Crippen molar-refractivity contribution in [3.8, 4) is 0 Å². The minimum absolute atomic E-state index is 0.0359. The molecule has 5 heteroatoms. The van der Waals surface area contributed by atoms with Gasteiger partial charge in [0.05, 0.1) is 12.6 Å². The normalized spacial score (nSPS) is 18.6. The molecular formula is C23H25ClN2O2. The molecule has 1 atom stereocenters. The van der Waals surface area contributed by atoms with Crippen LogP contribution in [0.15, 0.2) is 42.5 Å². The van der Waals surface area contributed by atoms with Crippen molar-refractivity contribution in [3.05, 3.63) is 69.7 Å². The van der Waals surface area contributed by atoms with E-state index in [9.17, 15) is 9.59 Å². The third-order valence-corrected chi connectivity index (χ3v) is 6.07. The molecule has 28 heavy (non-hydrogen) atoms. The number of rotatable bonds is 4. The van der Waals surface area contributed by atoms with Gasteiger partial charge in [0.25, 0.3) is 0 Å². The highest BCUT2D eigenvalue weighted by Gasteiger charge is 2.38. The number of amides is 2. The molecule has 4 rings (SSSR count). The number of nitrogens with zero attached hydrogens (tertiary/aromatic N) is 2. The first-order valence-corrected chi connectivity index (χ1v) is 10.3. The smallest absolute Gasteiger partial charge is 0.242 e. The molecule has 0 N–H and O–H groups in total. The average molecular weight is 397 g/mol. The fourth-order valence-corrected chi connectivity index (χ4v) is 4.42. The predicted molar refractivity (Wildman–Crippen MR) is 110 cm³/mol. The highest BCUT2D eigenvalue weighted by atomic mass is 35.5. The van der Waals surface area contributed by atoms with Crippen molar-refractivity contribution in [2.45, 2.75) is 38.6 Å². The molecule has 4 nitrogen and oxygen atoms in total. The molecule has 146 valence electrons. The van der Waals surface area contributed by atoms with Crippen molar-refractivity contribution >= 4 is 23.4 Å². The number of carbonyl (C=O) groups excluding carboxylic acids is 2. The Labute approximate surface area is 171 Å². The highest BCUT2D eigenvalue weighted by molar-refractivity contribution is 6.30. The summed E-state index contributed by atoms with van der Waals surface area (Å²) >= 11 is 6.20. The van der Waals surface area contributed by atoms with Gasteiger partial charge in [-0.2, -0.15) is 0 Å². The van der Waals surface area contributed by atoms with Gasteiger partial charge in [0.2, 0.25) is 11.8 Å². The van der Waals surface area contributed by atoms with Gasteiger partial charge in [-0.3, -0.25) is 9.59 Å². The lowest BCUT2D eigenvalue weighted by atomic mass is 9.90. The summed E-state index contributed by atoms with van der Waals surface area (Å²) < 4.78 is 0. The Hall–Kier alpha value is -2.33. The Kier molecular flexibility index (Phi) is 5.40. The van der Waals surface area contributed by atoms with Gasteiger partial charge >= 0.3 is 0 Å². The summed E-state index contributed by atoms with van der Waals surface area (Å²) in [6.45, 7) is 3.53. The van der Waals surface area contributed by atoms with Crippen LogP contribution in [0.4, 0.5) is 0 Å². The first kappa shape index (κ1) is 19.0. The number of hydrogen-bond donors (Lipinski definition) is 0. The standard InChI is InChI=1S/C23H25ClN2O2/c1-16-5-7-17(8-6-16)3-2-4-22(27)25-14-21-20-13-19(24)10-9-18(20)11-12-26(21)23(28)15-25/h5-10,13,21H,2-4,11-12,14-15H2,1H3. The molecule has 2 aliphatic heterocycles. The monoisotopic (exact) mass is 396 g/mol. The fourth-order valence-electron chi connectivity index (χ4n) is 4.24. The van der Waals surface area contributed by atoms with Crippen LogP contribution in [-0.4, -0.2) is 41.2 Å². The number of aryl methyl sites for hydroxylation is 2. The first-order valence-electron chi connectivity index (χ1n) is 9.92. The van der Waals surface area contributed by atoms with Crippen LogP contribution in [0.5, 0.6) is 0 Å². The number of piperazine rings is 1. The van der Waals surface area contributed by atoms with E-state index >= 15 is 0 Å². The van der Waals surface area contributed by atoms with Crippen LogP contribution in [0.3, 0.4) is 0 Å². The minimum Gasteiger partial charge on any atom is -0.332 e. The Morgan fingerprint density at radius 3 is 2.75 bits per heavy atom. The lowest BCUT2D eigenvalue weighted by molar-refractivity contribution is -0.149. The summed E-state index contributed by atoms with van der Waals surface area (Å²) in [6, 6.07) is 14.2. The second-order valence-electron chi connectivity index (χ2n) is 7.81. The van der Waals surface area contributed by atoms with Gasteiger partial charge in [0.15, 0.2) is 0 Å². The van der Waals surface area contributed by atoms with E-state index in [-0.39, 0.29) is 24.4 Å². The van der Waals surface area contributed by atoms with Gasteiger partial charge in [-0.1, -0.05) is 47.5 Å². The van der Waals surface area contributed by atoms with E-state index < -0.39 is 0 Å². The molecule has 2 aromatic rings. The van der Waals surface area contributed by atoms with Gasteiger partial charge < -0.3 is 9.80 Å². The molecule has 2 amide bonds. The molecule has 1 saturated heterocycles. The van der Waals surface area contributed by atoms with Gasteiger partial charge in [-0.15, -0.1) is 0 Å². The number of carbonyl (C=O) groups is 2. The van der Waals surface area contributed by atoms with E-state index in [1.54, 1.807) is 4.90 Å². The maximum atomic E-state index is 12.8. The van der Waals surface area contributed by atoms with Crippen LogP contribution in [0.2, 0.25) is 5.02 Å². The van der Waals surface area contributed by atoms with Gasteiger partial charge in [-0.25, -0.2) is 0 Å². The zero-order chi connectivity index (χ0) is 19.7. The van der Waals surface area contributed by atoms with Crippen molar-refractivity contribution in [3.63, 3.8) is 0 Å². The number of hydrogen-bond acceptors (Lipinski definition) is 2. The van der Waals surface area contributed by atoms with E-state index in [2.05, 4.69) is 31.2 Å². The van der Waals surface area contributed by atoms with Crippen LogP contribution in [0.1, 0.15) is 41.1 Å². The van der Waals surface area contributed by atoms with Crippen LogP contribution in [0, 0.1) is 6.92 Å². The number of fused-ring (bicyclic) bond motifs is 3. The largest absolute Gasteiger partial charge is 0.332 e. The SMILES string of the molecule is Cc1ccc(CCCC(=O)N2CC(=O)N3CCc4ccc(Cl)cc4C3C2)cc1. The molecule has 0 radical (unpaired) electrons. The molecule has 0 spiro atoms. The molecule has 0 aliphatic carbocycles. The zero-order valence-electron chi connectivity index (χ0n) is 16.2. The number of benzene rings is 2. The van der Waals surface area contributed by atoms with Crippen molar-refractivity contribution in [1.29, 1.82) is 0 Å². The van der Waals surface area contributed by atoms with E-state index in [4.69, 9.17) is 11.6 Å². The Balaban J connectivity index is 1.41. The summed E-state index contributed by atoms with van der Waals surface area (Å²) in [5.74, 6) is 0.100. The third kappa shape index (κ3) is 3.93. The molecular weight excluding hydrogens is 372 g/mol. The van der Waals surface area contributed by atoms with E-state index in [1.807, 2.05) is 23.1 Å². The van der Waals surface area contributed by atoms with E-state index in [0.29, 0.717) is 24.5 Å². The highest BCUT2D eigenvalue weighted by Crippen LogP contribution is 2.34. The van der Waals surface area contributed by atoms with Crippen molar-refractivity contribution < 1.29 is 9.59 Å². The number of halogens is 1. The third-order valence-electron chi connectivity index (χ3n) is 5.83. The van der Waals surface area contributed by atoms with E-state index in [1.165, 1.54) is 16.7 Å². The molecule has 0 saturated carbocycles. The summed E-state index contributed by atoms with van der Waals surface area (Å²) in [6.07, 6.45) is 2.99. The summed E-state index contributed by atoms with van der Waals surface area (Å²) in [7, 11) is 0. The van der Waals surface area contributed by atoms with Crippen molar-refractivity contribution in [2.75, 3.05) is 19.6 Å². The fraction of sp³-hybridized carbons (Fsp3) is 0.391. The Bertz CT molecular complexity index is 894. The second-order valence-corrected chi connectivity index (χ2v) is 8.25. The Morgan fingerprint density at radius 1 is 1.18 bits per heavy atom. The molecule has 2 aliphatic rings. The average Bonchev–Trinajstić information content (AvgIpc) is 2.69. The Morgan fingerprint density at radius 2 is 1.96 bits per heavy atom.